The van der Waals surface area contributed by atoms with Gasteiger partial charge < -0.3 is 9.53 Å². The summed E-state index contributed by atoms with van der Waals surface area (Å²) in [5.41, 5.74) is 0. The van der Waals surface area contributed by atoms with Gasteiger partial charge in [0.1, 0.15) is 12.4 Å². The Balaban J connectivity index is 1.92. The molecule has 2 atom stereocenters. The van der Waals surface area contributed by atoms with Crippen molar-refractivity contribution in [3.8, 4) is 0 Å². The molecule has 0 spiro atoms. The third-order valence-corrected chi connectivity index (χ3v) is 7.20. The summed E-state index contributed by atoms with van der Waals surface area (Å²) in [6.45, 7) is 4.55. The third-order valence-electron chi connectivity index (χ3n) is 3.99. The largest absolute Gasteiger partial charge is 0.374 e. The minimum absolute atomic E-state index is 0.180. The molecule has 0 aromatic heterocycles. The Labute approximate surface area is 150 Å². The first-order chi connectivity index (χ1) is 11.1. The van der Waals surface area contributed by atoms with Crippen molar-refractivity contribution in [3.63, 3.8) is 0 Å². The minimum atomic E-state index is 0.180. The molecule has 1 aliphatic carbocycles. The molecular weight excluding hydrogens is 328 g/mol. The standard InChI is InChI=1S/C18H32O3S2/c1-3-4-12-22-17-9-10-18(17)23-13-6-8-16(20)14-21-11-5-7-15(2)19/h17-18H,3-14H2,1-2H3. The summed E-state index contributed by atoms with van der Waals surface area (Å²) in [6.07, 6.45) is 8.20. The lowest BCUT2D eigenvalue weighted by molar-refractivity contribution is -0.123. The number of rotatable bonds is 15. The highest BCUT2D eigenvalue weighted by molar-refractivity contribution is 8.03. The van der Waals surface area contributed by atoms with Gasteiger partial charge in [-0.15, -0.1) is 0 Å². The maximum Gasteiger partial charge on any atom is 0.158 e. The fraction of sp³-hybridized carbons (Fsp3) is 0.889. The van der Waals surface area contributed by atoms with Gasteiger partial charge in [0, 0.05) is 29.9 Å². The van der Waals surface area contributed by atoms with Gasteiger partial charge in [-0.1, -0.05) is 13.3 Å². The third kappa shape index (κ3) is 10.5. The summed E-state index contributed by atoms with van der Waals surface area (Å²) < 4.78 is 5.32. The van der Waals surface area contributed by atoms with E-state index in [1.807, 2.05) is 0 Å². The van der Waals surface area contributed by atoms with Crippen molar-refractivity contribution in [1.29, 1.82) is 0 Å². The Morgan fingerprint density at radius 2 is 1.65 bits per heavy atom. The zero-order valence-corrected chi connectivity index (χ0v) is 16.3. The Kier molecular flexibility index (Phi) is 12.2. The van der Waals surface area contributed by atoms with E-state index in [0.717, 1.165) is 29.1 Å². The fourth-order valence-electron chi connectivity index (χ4n) is 2.38. The molecule has 0 bridgehead atoms. The lowest BCUT2D eigenvalue weighted by Gasteiger charge is -2.35. The monoisotopic (exact) mass is 360 g/mol. The van der Waals surface area contributed by atoms with E-state index in [0.29, 0.717) is 19.4 Å². The molecule has 0 amide bonds. The van der Waals surface area contributed by atoms with E-state index in [4.69, 9.17) is 4.74 Å². The molecular formula is C18H32O3S2. The number of carbonyl (C=O) groups excluding carboxylic acids is 2. The molecule has 1 saturated carbocycles. The number of ether oxygens (including phenoxy) is 1. The van der Waals surface area contributed by atoms with E-state index >= 15 is 0 Å². The molecule has 3 nitrogen and oxygen atoms in total. The van der Waals surface area contributed by atoms with Gasteiger partial charge >= 0.3 is 0 Å². The van der Waals surface area contributed by atoms with Crippen LogP contribution in [0.25, 0.3) is 0 Å². The molecule has 5 heteroatoms. The average Bonchev–Trinajstić information content (AvgIpc) is 2.49. The SMILES string of the molecule is CCCCSC1CCC1SCCCC(=O)COCCCC(C)=O. The Morgan fingerprint density at radius 1 is 1.00 bits per heavy atom. The van der Waals surface area contributed by atoms with Crippen molar-refractivity contribution in [2.45, 2.75) is 75.7 Å². The van der Waals surface area contributed by atoms with Crippen molar-refractivity contribution in [3.05, 3.63) is 0 Å². The highest BCUT2D eigenvalue weighted by Crippen LogP contribution is 2.40. The molecule has 23 heavy (non-hydrogen) atoms. The van der Waals surface area contributed by atoms with Crippen LogP contribution in [0.3, 0.4) is 0 Å². The van der Waals surface area contributed by atoms with Crippen LogP contribution in [0.2, 0.25) is 0 Å². The summed E-state index contributed by atoms with van der Waals surface area (Å²) >= 11 is 4.20. The molecule has 0 radical (unpaired) electrons. The second-order valence-electron chi connectivity index (χ2n) is 6.25. The predicted molar refractivity (Wildman–Crippen MR) is 102 cm³/mol. The van der Waals surface area contributed by atoms with Crippen LogP contribution in [0.5, 0.6) is 0 Å². The molecule has 1 rings (SSSR count). The quantitative estimate of drug-likeness (QED) is 0.402. The summed E-state index contributed by atoms with van der Waals surface area (Å²) in [5.74, 6) is 2.76. The van der Waals surface area contributed by atoms with E-state index in [-0.39, 0.29) is 18.2 Å². The molecule has 134 valence electrons. The molecule has 0 aliphatic heterocycles. The lowest BCUT2D eigenvalue weighted by Crippen LogP contribution is -2.32. The van der Waals surface area contributed by atoms with Gasteiger partial charge in [-0.3, -0.25) is 4.79 Å². The first-order valence-electron chi connectivity index (χ1n) is 8.95. The Hall–Kier alpha value is -0.0000000000000000555. The number of thioether (sulfide) groups is 2. The van der Waals surface area contributed by atoms with Crippen LogP contribution in [0.15, 0.2) is 0 Å². The summed E-state index contributed by atoms with van der Waals surface area (Å²) in [4.78, 5) is 22.5. The number of carbonyl (C=O) groups is 2. The highest BCUT2D eigenvalue weighted by atomic mass is 32.2. The highest BCUT2D eigenvalue weighted by Gasteiger charge is 2.30. The predicted octanol–water partition coefficient (Wildman–Crippen LogP) is 4.52. The first kappa shape index (κ1) is 21.0. The summed E-state index contributed by atoms with van der Waals surface area (Å²) in [5, 5.41) is 1.67. The summed E-state index contributed by atoms with van der Waals surface area (Å²) in [6, 6.07) is 0. The van der Waals surface area contributed by atoms with Crippen molar-refractivity contribution >= 4 is 35.1 Å². The van der Waals surface area contributed by atoms with Gasteiger partial charge in [-0.2, -0.15) is 23.5 Å². The molecule has 0 aromatic carbocycles. The molecule has 1 fully saturated rings. The van der Waals surface area contributed by atoms with E-state index in [1.165, 1.54) is 31.4 Å². The molecule has 0 N–H and O–H groups in total. The van der Waals surface area contributed by atoms with Crippen LogP contribution in [0.4, 0.5) is 0 Å². The maximum atomic E-state index is 11.7. The molecule has 0 heterocycles. The maximum absolute atomic E-state index is 11.7. The molecule has 2 unspecified atom stereocenters. The van der Waals surface area contributed by atoms with E-state index in [1.54, 1.807) is 6.92 Å². The number of hydrogen-bond acceptors (Lipinski definition) is 5. The van der Waals surface area contributed by atoms with Gasteiger partial charge in [-0.05, 0) is 50.5 Å². The second-order valence-corrected chi connectivity index (χ2v) is 8.94. The first-order valence-corrected chi connectivity index (χ1v) is 11.0. The molecule has 0 aromatic rings. The second kappa shape index (κ2) is 13.3. The number of ketones is 2. The van der Waals surface area contributed by atoms with Crippen molar-refractivity contribution in [2.24, 2.45) is 0 Å². The van der Waals surface area contributed by atoms with Gasteiger partial charge in [0.15, 0.2) is 5.78 Å². The zero-order chi connectivity index (χ0) is 16.9. The fourth-order valence-corrected chi connectivity index (χ4v) is 5.53. The molecule has 1 aliphatic rings. The van der Waals surface area contributed by atoms with Crippen LogP contribution in [0, 0.1) is 0 Å². The van der Waals surface area contributed by atoms with Crippen molar-refractivity contribution < 1.29 is 14.3 Å². The Bertz CT molecular complexity index is 347. The van der Waals surface area contributed by atoms with E-state index < -0.39 is 0 Å². The van der Waals surface area contributed by atoms with Crippen molar-refractivity contribution in [1.82, 2.24) is 0 Å². The van der Waals surface area contributed by atoms with Gasteiger partial charge in [0.25, 0.3) is 0 Å². The summed E-state index contributed by atoms with van der Waals surface area (Å²) in [7, 11) is 0. The van der Waals surface area contributed by atoms with Gasteiger partial charge in [0.05, 0.1) is 0 Å². The number of unbranched alkanes of at least 4 members (excludes halogenated alkanes) is 1. The zero-order valence-electron chi connectivity index (χ0n) is 14.7. The number of Topliss-reactive ketones (excluding diaryl/α,β-unsaturated/α-hetero) is 2. The van der Waals surface area contributed by atoms with E-state index in [9.17, 15) is 9.59 Å². The smallest absolute Gasteiger partial charge is 0.158 e. The van der Waals surface area contributed by atoms with Crippen molar-refractivity contribution in [2.75, 3.05) is 24.7 Å². The minimum Gasteiger partial charge on any atom is -0.374 e. The van der Waals surface area contributed by atoms with Crippen LogP contribution < -0.4 is 0 Å². The van der Waals surface area contributed by atoms with Crippen LogP contribution in [-0.2, 0) is 14.3 Å². The van der Waals surface area contributed by atoms with E-state index in [2.05, 4.69) is 30.4 Å². The van der Waals surface area contributed by atoms with Crippen LogP contribution >= 0.6 is 23.5 Å². The lowest BCUT2D eigenvalue weighted by atomic mass is 9.99. The van der Waals surface area contributed by atoms with Gasteiger partial charge in [0.2, 0.25) is 0 Å². The molecule has 0 saturated heterocycles. The number of hydrogen-bond donors (Lipinski definition) is 0. The Morgan fingerprint density at radius 3 is 2.22 bits per heavy atom. The topological polar surface area (TPSA) is 43.4 Å². The van der Waals surface area contributed by atoms with Gasteiger partial charge in [-0.25, -0.2) is 0 Å². The van der Waals surface area contributed by atoms with Crippen LogP contribution in [0.1, 0.15) is 65.2 Å². The van der Waals surface area contributed by atoms with Crippen LogP contribution in [-0.4, -0.2) is 46.8 Å². The normalized spacial score (nSPS) is 20.3. The average molecular weight is 361 g/mol.